The van der Waals surface area contributed by atoms with E-state index >= 15 is 0 Å². The molecule has 0 spiro atoms. The van der Waals surface area contributed by atoms with Crippen molar-refractivity contribution in [1.82, 2.24) is 5.32 Å². The molecule has 1 N–H and O–H groups in total. The Hall–Kier alpha value is -2.95. The highest BCUT2D eigenvalue weighted by Gasteiger charge is 2.15. The molecule has 2 aromatic carbocycles. The van der Waals surface area contributed by atoms with Crippen molar-refractivity contribution >= 4 is 17.7 Å². The minimum absolute atomic E-state index is 0.0479. The van der Waals surface area contributed by atoms with Gasteiger partial charge < -0.3 is 10.1 Å². The Balaban J connectivity index is 1.75. The third-order valence-electron chi connectivity index (χ3n) is 4.29. The smallest absolute Gasteiger partial charge is 0.306 e. The van der Waals surface area contributed by atoms with Crippen molar-refractivity contribution < 1.29 is 19.1 Å². The summed E-state index contributed by atoms with van der Waals surface area (Å²) in [5.74, 6) is -1.04. The Morgan fingerprint density at radius 1 is 1.00 bits per heavy atom. The van der Waals surface area contributed by atoms with Gasteiger partial charge in [-0.05, 0) is 38.0 Å². The molecule has 2 rings (SSSR count). The summed E-state index contributed by atoms with van der Waals surface area (Å²) < 4.78 is 4.98. The molecule has 1 amide bonds. The van der Waals surface area contributed by atoms with Crippen molar-refractivity contribution in [3.05, 3.63) is 70.8 Å². The predicted octanol–water partition coefficient (Wildman–Crippen LogP) is 3.69. The van der Waals surface area contributed by atoms with Crippen LogP contribution in [0.1, 0.15) is 52.9 Å². The van der Waals surface area contributed by atoms with E-state index in [-0.39, 0.29) is 37.2 Å². The number of hydrogen-bond acceptors (Lipinski definition) is 4. The summed E-state index contributed by atoms with van der Waals surface area (Å²) in [7, 11) is 0. The molecular weight excluding hydrogens is 342 g/mol. The van der Waals surface area contributed by atoms with Crippen molar-refractivity contribution in [3.63, 3.8) is 0 Å². The van der Waals surface area contributed by atoms with E-state index < -0.39 is 5.97 Å². The van der Waals surface area contributed by atoms with Gasteiger partial charge in [0, 0.05) is 12.0 Å². The first kappa shape index (κ1) is 20.4. The van der Waals surface area contributed by atoms with Gasteiger partial charge in [0.15, 0.2) is 12.4 Å². The summed E-state index contributed by atoms with van der Waals surface area (Å²) in [5.41, 5.74) is 3.47. The zero-order valence-electron chi connectivity index (χ0n) is 16.0. The lowest BCUT2D eigenvalue weighted by Gasteiger charge is -2.14. The average Bonchev–Trinajstić information content (AvgIpc) is 2.67. The van der Waals surface area contributed by atoms with Crippen molar-refractivity contribution in [2.45, 2.75) is 39.7 Å². The molecule has 0 aliphatic rings. The standard InChI is InChI=1S/C22H25NO4/c1-15-9-10-16(2)19(13-15)20(24)11-12-22(26)27-14-21(25)23-17(3)18-7-5-4-6-8-18/h4-10,13,17H,11-12,14H2,1-3H3,(H,23,25)/t17-/m0/s1. The maximum Gasteiger partial charge on any atom is 0.306 e. The molecule has 0 heterocycles. The Bertz CT molecular complexity index is 814. The van der Waals surface area contributed by atoms with E-state index in [2.05, 4.69) is 5.32 Å². The van der Waals surface area contributed by atoms with Gasteiger partial charge >= 0.3 is 5.97 Å². The number of ketones is 1. The number of Topliss-reactive ketones (excluding diaryl/α,β-unsaturated/α-hetero) is 1. The molecule has 1 atom stereocenters. The van der Waals surface area contributed by atoms with Crippen LogP contribution >= 0.6 is 0 Å². The molecule has 142 valence electrons. The highest BCUT2D eigenvalue weighted by Crippen LogP contribution is 2.14. The van der Waals surface area contributed by atoms with Gasteiger partial charge in [-0.15, -0.1) is 0 Å². The van der Waals surface area contributed by atoms with E-state index in [4.69, 9.17) is 4.74 Å². The molecule has 27 heavy (non-hydrogen) atoms. The largest absolute Gasteiger partial charge is 0.456 e. The van der Waals surface area contributed by atoms with Crippen LogP contribution in [0.15, 0.2) is 48.5 Å². The number of nitrogens with one attached hydrogen (secondary N) is 1. The highest BCUT2D eigenvalue weighted by atomic mass is 16.5. The number of ether oxygens (including phenoxy) is 1. The Morgan fingerprint density at radius 3 is 2.41 bits per heavy atom. The number of rotatable bonds is 8. The van der Waals surface area contributed by atoms with Crippen molar-refractivity contribution in [3.8, 4) is 0 Å². The summed E-state index contributed by atoms with van der Waals surface area (Å²) in [5, 5.41) is 2.77. The van der Waals surface area contributed by atoms with Crippen LogP contribution < -0.4 is 5.32 Å². The van der Waals surface area contributed by atoms with Crippen LogP contribution in [0.2, 0.25) is 0 Å². The third kappa shape index (κ3) is 6.37. The second-order valence-corrected chi connectivity index (χ2v) is 6.60. The number of carbonyl (C=O) groups excluding carboxylic acids is 3. The van der Waals surface area contributed by atoms with Gasteiger partial charge in [-0.3, -0.25) is 14.4 Å². The molecule has 0 saturated heterocycles. The second kappa shape index (κ2) is 9.67. The zero-order valence-corrected chi connectivity index (χ0v) is 16.0. The number of aryl methyl sites for hydroxylation is 2. The Labute approximate surface area is 159 Å². The molecule has 5 nitrogen and oxygen atoms in total. The number of carbonyl (C=O) groups is 3. The first-order chi connectivity index (χ1) is 12.9. The molecule has 5 heteroatoms. The first-order valence-corrected chi connectivity index (χ1v) is 8.97. The van der Waals surface area contributed by atoms with E-state index in [1.165, 1.54) is 0 Å². The monoisotopic (exact) mass is 367 g/mol. The minimum Gasteiger partial charge on any atom is -0.456 e. The van der Waals surface area contributed by atoms with E-state index in [0.717, 1.165) is 16.7 Å². The molecular formula is C22H25NO4. The average molecular weight is 367 g/mol. The van der Waals surface area contributed by atoms with E-state index in [0.29, 0.717) is 5.56 Å². The Morgan fingerprint density at radius 2 is 1.70 bits per heavy atom. The van der Waals surface area contributed by atoms with Crippen molar-refractivity contribution in [2.24, 2.45) is 0 Å². The Kier molecular flexibility index (Phi) is 7.29. The normalized spacial score (nSPS) is 11.5. The minimum atomic E-state index is -0.559. The SMILES string of the molecule is Cc1ccc(C)c(C(=O)CCC(=O)OCC(=O)N[C@@H](C)c2ccccc2)c1. The van der Waals surface area contributed by atoms with E-state index in [1.54, 1.807) is 0 Å². The lowest BCUT2D eigenvalue weighted by Crippen LogP contribution is -2.31. The summed E-state index contributed by atoms with van der Waals surface area (Å²) in [4.78, 5) is 36.0. The van der Waals surface area contributed by atoms with Crippen molar-refractivity contribution in [2.75, 3.05) is 6.61 Å². The van der Waals surface area contributed by atoms with E-state index in [9.17, 15) is 14.4 Å². The predicted molar refractivity (Wildman–Crippen MR) is 103 cm³/mol. The van der Waals surface area contributed by atoms with Crippen LogP contribution in [0.3, 0.4) is 0 Å². The fraction of sp³-hybridized carbons (Fsp3) is 0.318. The number of esters is 1. The summed E-state index contributed by atoms with van der Waals surface area (Å²) in [6.45, 7) is 5.29. The number of benzene rings is 2. The third-order valence-corrected chi connectivity index (χ3v) is 4.29. The molecule has 0 aromatic heterocycles. The molecule has 0 fully saturated rings. The van der Waals surface area contributed by atoms with Crippen LogP contribution in [0.25, 0.3) is 0 Å². The summed E-state index contributed by atoms with van der Waals surface area (Å²) in [6.07, 6.45) is 0.0128. The van der Waals surface area contributed by atoms with Gasteiger partial charge in [0.2, 0.25) is 0 Å². The number of amides is 1. The van der Waals surface area contributed by atoms with Gasteiger partial charge in [-0.2, -0.15) is 0 Å². The van der Waals surface area contributed by atoms with Crippen LogP contribution in [0, 0.1) is 13.8 Å². The molecule has 2 aromatic rings. The van der Waals surface area contributed by atoms with Gasteiger partial charge in [-0.1, -0.05) is 48.0 Å². The summed E-state index contributed by atoms with van der Waals surface area (Å²) in [6, 6.07) is 15.0. The van der Waals surface area contributed by atoms with Gasteiger partial charge in [0.1, 0.15) is 0 Å². The van der Waals surface area contributed by atoms with Gasteiger partial charge in [0.25, 0.3) is 5.91 Å². The molecule has 0 aliphatic heterocycles. The second-order valence-electron chi connectivity index (χ2n) is 6.60. The van der Waals surface area contributed by atoms with Gasteiger partial charge in [-0.25, -0.2) is 0 Å². The van der Waals surface area contributed by atoms with Crippen LogP contribution in [-0.4, -0.2) is 24.3 Å². The molecule has 0 bridgehead atoms. The maximum atomic E-state index is 12.3. The van der Waals surface area contributed by atoms with Crippen LogP contribution in [0.4, 0.5) is 0 Å². The molecule has 0 aliphatic carbocycles. The summed E-state index contributed by atoms with van der Waals surface area (Å²) >= 11 is 0. The molecule has 0 radical (unpaired) electrons. The fourth-order valence-corrected chi connectivity index (χ4v) is 2.71. The lowest BCUT2D eigenvalue weighted by atomic mass is 9.99. The highest BCUT2D eigenvalue weighted by molar-refractivity contribution is 5.99. The maximum absolute atomic E-state index is 12.3. The van der Waals surface area contributed by atoms with Crippen LogP contribution in [0.5, 0.6) is 0 Å². The quantitative estimate of drug-likeness (QED) is 0.570. The fourth-order valence-electron chi connectivity index (χ4n) is 2.71. The lowest BCUT2D eigenvalue weighted by molar-refractivity contribution is -0.148. The first-order valence-electron chi connectivity index (χ1n) is 8.97. The van der Waals surface area contributed by atoms with Crippen molar-refractivity contribution in [1.29, 1.82) is 0 Å². The number of hydrogen-bond donors (Lipinski definition) is 1. The molecule has 0 unspecified atom stereocenters. The molecule has 0 saturated carbocycles. The zero-order chi connectivity index (χ0) is 19.8. The topological polar surface area (TPSA) is 72.5 Å². The van der Waals surface area contributed by atoms with Crippen LogP contribution in [-0.2, 0) is 14.3 Å². The van der Waals surface area contributed by atoms with Gasteiger partial charge in [0.05, 0.1) is 12.5 Å². The van der Waals surface area contributed by atoms with E-state index in [1.807, 2.05) is 69.3 Å².